The number of hydrogen-bond acceptors (Lipinski definition) is 5. The Morgan fingerprint density at radius 2 is 1.93 bits per heavy atom. The second kappa shape index (κ2) is 6.86. The molecule has 0 saturated heterocycles. The predicted molar refractivity (Wildman–Crippen MR) is 111 cm³/mol. The number of fused-ring (bicyclic) bond motifs is 2. The standard InChI is InChI=1S/C22H21N5O2/c28-20-17-13-24-27(16-9-2-1-3-10-16)19(17)25-21(26-20)23-14-22(29)12-6-8-15-7-4-5-11-18(15)22/h1-5,7,9-11,13,29H,6,8,12,14H2,(H2,23,25,26,28). The van der Waals surface area contributed by atoms with Crippen LogP contribution in [0.1, 0.15) is 24.0 Å². The Hall–Kier alpha value is -3.45. The van der Waals surface area contributed by atoms with Gasteiger partial charge in [0.1, 0.15) is 11.0 Å². The quantitative estimate of drug-likeness (QED) is 0.500. The Morgan fingerprint density at radius 3 is 2.79 bits per heavy atom. The summed E-state index contributed by atoms with van der Waals surface area (Å²) in [5, 5.41) is 19.1. The van der Waals surface area contributed by atoms with Crippen molar-refractivity contribution in [3.05, 3.63) is 82.3 Å². The molecular formula is C22H21N5O2. The van der Waals surface area contributed by atoms with Gasteiger partial charge in [-0.3, -0.25) is 9.78 Å². The molecule has 4 aromatic rings. The number of nitrogens with one attached hydrogen (secondary N) is 2. The zero-order valence-electron chi connectivity index (χ0n) is 15.8. The Morgan fingerprint density at radius 1 is 1.14 bits per heavy atom. The van der Waals surface area contributed by atoms with Crippen LogP contribution in [-0.2, 0) is 12.0 Å². The third-order valence-corrected chi connectivity index (χ3v) is 5.54. The summed E-state index contributed by atoms with van der Waals surface area (Å²) < 4.78 is 1.64. The van der Waals surface area contributed by atoms with E-state index in [1.165, 1.54) is 11.8 Å². The van der Waals surface area contributed by atoms with Crippen molar-refractivity contribution < 1.29 is 5.11 Å². The van der Waals surface area contributed by atoms with E-state index in [9.17, 15) is 9.90 Å². The minimum absolute atomic E-state index is 0.262. The highest BCUT2D eigenvalue weighted by Gasteiger charge is 2.34. The average Bonchev–Trinajstić information content (AvgIpc) is 3.18. The smallest absolute Gasteiger partial charge is 0.263 e. The zero-order chi connectivity index (χ0) is 19.8. The molecule has 7 heteroatoms. The van der Waals surface area contributed by atoms with Crippen molar-refractivity contribution in [3.63, 3.8) is 0 Å². The Balaban J connectivity index is 1.48. The molecule has 2 aromatic carbocycles. The summed E-state index contributed by atoms with van der Waals surface area (Å²) in [5.41, 5.74) is 2.14. The molecule has 29 heavy (non-hydrogen) atoms. The molecule has 5 rings (SSSR count). The Labute approximate surface area is 167 Å². The van der Waals surface area contributed by atoms with Gasteiger partial charge in [-0.1, -0.05) is 42.5 Å². The number of aromatic nitrogens is 4. The summed E-state index contributed by atoms with van der Waals surface area (Å²) in [6, 6.07) is 17.5. The second-order valence-corrected chi connectivity index (χ2v) is 7.44. The van der Waals surface area contributed by atoms with Gasteiger partial charge in [0.15, 0.2) is 5.65 Å². The number of rotatable bonds is 4. The van der Waals surface area contributed by atoms with Crippen molar-refractivity contribution in [2.75, 3.05) is 11.9 Å². The first-order chi connectivity index (χ1) is 14.1. The van der Waals surface area contributed by atoms with Gasteiger partial charge in [-0.05, 0) is 42.5 Å². The van der Waals surface area contributed by atoms with Crippen molar-refractivity contribution in [2.24, 2.45) is 0 Å². The van der Waals surface area contributed by atoms with E-state index in [0.717, 1.165) is 24.1 Å². The fourth-order valence-corrected chi connectivity index (χ4v) is 4.07. The summed E-state index contributed by atoms with van der Waals surface area (Å²) in [5.74, 6) is 0.316. The average molecular weight is 387 g/mol. The van der Waals surface area contributed by atoms with Crippen molar-refractivity contribution >= 4 is 17.0 Å². The van der Waals surface area contributed by atoms with E-state index < -0.39 is 5.60 Å². The molecular weight excluding hydrogens is 366 g/mol. The molecule has 1 aliphatic carbocycles. The van der Waals surface area contributed by atoms with Crippen LogP contribution in [0.15, 0.2) is 65.6 Å². The molecule has 1 atom stereocenters. The number of benzene rings is 2. The number of anilines is 1. The minimum Gasteiger partial charge on any atom is -0.383 e. The van der Waals surface area contributed by atoms with Crippen LogP contribution >= 0.6 is 0 Å². The lowest BCUT2D eigenvalue weighted by molar-refractivity contribution is 0.0321. The van der Waals surface area contributed by atoms with Gasteiger partial charge in [0.25, 0.3) is 5.56 Å². The van der Waals surface area contributed by atoms with Gasteiger partial charge in [0.05, 0.1) is 18.4 Å². The number of para-hydroxylation sites is 1. The summed E-state index contributed by atoms with van der Waals surface area (Å²) >= 11 is 0. The first-order valence-electron chi connectivity index (χ1n) is 9.72. The maximum absolute atomic E-state index is 12.5. The number of aliphatic hydroxyl groups is 1. The van der Waals surface area contributed by atoms with Crippen LogP contribution in [0.25, 0.3) is 16.7 Å². The molecule has 0 saturated carbocycles. The molecule has 1 aliphatic rings. The van der Waals surface area contributed by atoms with E-state index in [1.54, 1.807) is 4.68 Å². The summed E-state index contributed by atoms with van der Waals surface area (Å²) in [7, 11) is 0. The maximum Gasteiger partial charge on any atom is 0.263 e. The highest BCUT2D eigenvalue weighted by Crippen LogP contribution is 2.35. The molecule has 0 bridgehead atoms. The summed E-state index contributed by atoms with van der Waals surface area (Å²) in [6.07, 6.45) is 4.06. The van der Waals surface area contributed by atoms with Crippen molar-refractivity contribution in [1.82, 2.24) is 19.7 Å². The lowest BCUT2D eigenvalue weighted by Crippen LogP contribution is -2.38. The van der Waals surface area contributed by atoms with E-state index in [1.807, 2.05) is 48.5 Å². The molecule has 3 N–H and O–H groups in total. The van der Waals surface area contributed by atoms with E-state index >= 15 is 0 Å². The highest BCUT2D eigenvalue weighted by molar-refractivity contribution is 5.76. The molecule has 0 amide bonds. The van der Waals surface area contributed by atoms with Crippen LogP contribution in [0, 0.1) is 0 Å². The van der Waals surface area contributed by atoms with Gasteiger partial charge in [0, 0.05) is 0 Å². The molecule has 2 aromatic heterocycles. The van der Waals surface area contributed by atoms with Gasteiger partial charge in [0.2, 0.25) is 5.95 Å². The topological polar surface area (TPSA) is 95.8 Å². The third kappa shape index (κ3) is 3.09. The van der Waals surface area contributed by atoms with Crippen molar-refractivity contribution in [1.29, 1.82) is 0 Å². The molecule has 0 fully saturated rings. The number of aryl methyl sites for hydroxylation is 1. The van der Waals surface area contributed by atoms with Crippen LogP contribution in [0.2, 0.25) is 0 Å². The molecule has 1 unspecified atom stereocenters. The summed E-state index contributed by atoms with van der Waals surface area (Å²) in [4.78, 5) is 19.8. The molecule has 2 heterocycles. The van der Waals surface area contributed by atoms with Crippen molar-refractivity contribution in [3.8, 4) is 5.69 Å². The lowest BCUT2D eigenvalue weighted by atomic mass is 9.79. The van der Waals surface area contributed by atoms with Gasteiger partial charge < -0.3 is 10.4 Å². The Kier molecular flexibility index (Phi) is 4.17. The maximum atomic E-state index is 12.5. The fraction of sp³-hybridized carbons (Fsp3) is 0.227. The monoisotopic (exact) mass is 387 g/mol. The largest absolute Gasteiger partial charge is 0.383 e. The second-order valence-electron chi connectivity index (χ2n) is 7.44. The van der Waals surface area contributed by atoms with Crippen LogP contribution in [0.5, 0.6) is 0 Å². The number of hydrogen-bond donors (Lipinski definition) is 3. The van der Waals surface area contributed by atoms with E-state index in [4.69, 9.17) is 0 Å². The van der Waals surface area contributed by atoms with Gasteiger partial charge in [-0.15, -0.1) is 0 Å². The highest BCUT2D eigenvalue weighted by atomic mass is 16.3. The number of H-pyrrole nitrogens is 1. The molecule has 7 nitrogen and oxygen atoms in total. The fourth-order valence-electron chi connectivity index (χ4n) is 4.07. The van der Waals surface area contributed by atoms with Crippen LogP contribution in [0.3, 0.4) is 0 Å². The minimum atomic E-state index is -0.998. The molecule has 146 valence electrons. The number of aromatic amines is 1. The van der Waals surface area contributed by atoms with Crippen LogP contribution in [-0.4, -0.2) is 31.4 Å². The van der Waals surface area contributed by atoms with Gasteiger partial charge >= 0.3 is 0 Å². The Bertz CT molecular complexity index is 1230. The predicted octanol–water partition coefficient (Wildman–Crippen LogP) is 2.74. The van der Waals surface area contributed by atoms with Gasteiger partial charge in [-0.25, -0.2) is 4.68 Å². The molecule has 0 radical (unpaired) electrons. The molecule has 0 spiro atoms. The molecule has 0 aliphatic heterocycles. The third-order valence-electron chi connectivity index (χ3n) is 5.54. The lowest BCUT2D eigenvalue weighted by Gasteiger charge is -2.34. The first kappa shape index (κ1) is 17.6. The van der Waals surface area contributed by atoms with Crippen LogP contribution in [0.4, 0.5) is 5.95 Å². The van der Waals surface area contributed by atoms with E-state index in [-0.39, 0.29) is 12.1 Å². The van der Waals surface area contributed by atoms with Gasteiger partial charge in [-0.2, -0.15) is 10.1 Å². The van der Waals surface area contributed by atoms with Crippen LogP contribution < -0.4 is 10.9 Å². The number of nitrogens with zero attached hydrogens (tertiary/aromatic N) is 3. The van der Waals surface area contributed by atoms with E-state index in [2.05, 4.69) is 26.4 Å². The first-order valence-corrected chi connectivity index (χ1v) is 9.72. The summed E-state index contributed by atoms with van der Waals surface area (Å²) in [6.45, 7) is 0.262. The zero-order valence-corrected chi connectivity index (χ0v) is 15.8. The normalized spacial score (nSPS) is 18.5. The van der Waals surface area contributed by atoms with Crippen molar-refractivity contribution in [2.45, 2.75) is 24.9 Å². The van der Waals surface area contributed by atoms with E-state index in [0.29, 0.717) is 23.4 Å². The SMILES string of the molecule is O=c1[nH]c(NCC2(O)CCCc3ccccc32)nc2c1cnn2-c1ccccc1.